The van der Waals surface area contributed by atoms with Gasteiger partial charge in [0.1, 0.15) is 0 Å². The maximum absolute atomic E-state index is 13.7. The van der Waals surface area contributed by atoms with Crippen molar-refractivity contribution in [2.24, 2.45) is 0 Å². The zero-order valence-corrected chi connectivity index (χ0v) is 13.5. The van der Waals surface area contributed by atoms with Crippen molar-refractivity contribution in [2.45, 2.75) is 25.3 Å². The number of hydrogen-bond donors (Lipinski definition) is 0. The summed E-state index contributed by atoms with van der Waals surface area (Å²) in [5.74, 6) is -5.73. The van der Waals surface area contributed by atoms with Gasteiger partial charge in [0.05, 0.1) is 11.1 Å². The van der Waals surface area contributed by atoms with Gasteiger partial charge < -0.3 is 9.47 Å². The number of carbonyl (C=O) groups is 2. The third kappa shape index (κ3) is 2.99. The molecule has 0 N–H and O–H groups in total. The lowest BCUT2D eigenvalue weighted by Crippen LogP contribution is -2.50. The number of cyclic esters (lactones) is 1. The van der Waals surface area contributed by atoms with E-state index in [1.165, 1.54) is 31.2 Å². The van der Waals surface area contributed by atoms with E-state index in [0.717, 1.165) is 0 Å². The third-order valence-corrected chi connectivity index (χ3v) is 3.79. The topological polar surface area (TPSA) is 52.6 Å². The summed E-state index contributed by atoms with van der Waals surface area (Å²) in [6, 6.07) is 7.42. The molecule has 23 heavy (non-hydrogen) atoms. The van der Waals surface area contributed by atoms with Crippen molar-refractivity contribution in [3.63, 3.8) is 0 Å². The van der Waals surface area contributed by atoms with E-state index in [9.17, 15) is 22.8 Å². The van der Waals surface area contributed by atoms with Gasteiger partial charge in [-0.15, -0.1) is 0 Å². The van der Waals surface area contributed by atoms with Gasteiger partial charge in [0.15, 0.2) is 0 Å². The molecule has 1 unspecified atom stereocenters. The van der Waals surface area contributed by atoms with Gasteiger partial charge in [0, 0.05) is 11.8 Å². The van der Waals surface area contributed by atoms with Crippen molar-refractivity contribution in [1.82, 2.24) is 0 Å². The zero-order valence-electron chi connectivity index (χ0n) is 11.9. The maximum Gasteiger partial charge on any atom is 0.473 e. The number of ether oxygens (including phenoxy) is 2. The third-order valence-electron chi connectivity index (χ3n) is 3.23. The van der Waals surface area contributed by atoms with Gasteiger partial charge in [0.25, 0.3) is 0 Å². The monoisotopic (exact) mass is 392 g/mol. The predicted octanol–water partition coefficient (Wildman–Crippen LogP) is 3.60. The van der Waals surface area contributed by atoms with Gasteiger partial charge in [-0.05, 0) is 5.56 Å². The smallest absolute Gasteiger partial charge is 0.410 e. The van der Waals surface area contributed by atoms with Gasteiger partial charge in [-0.25, -0.2) is 4.79 Å². The number of benzene rings is 1. The molecule has 0 fully saturated rings. The lowest BCUT2D eigenvalue weighted by atomic mass is 9.94. The first-order valence-corrected chi connectivity index (χ1v) is 7.76. The molecule has 1 atom stereocenters. The molecule has 1 aromatic carbocycles. The molecule has 0 bridgehead atoms. The summed E-state index contributed by atoms with van der Waals surface area (Å²) >= 11 is 2.99. The van der Waals surface area contributed by atoms with E-state index < -0.39 is 29.5 Å². The highest BCUT2D eigenvalue weighted by Gasteiger charge is 2.69. The summed E-state index contributed by atoms with van der Waals surface area (Å²) in [6.07, 6.45) is -5.41. The van der Waals surface area contributed by atoms with Crippen LogP contribution in [0.1, 0.15) is 18.9 Å². The fourth-order valence-electron chi connectivity index (χ4n) is 2.20. The molecule has 1 aromatic rings. The summed E-state index contributed by atoms with van der Waals surface area (Å²) in [7, 11) is 0. The lowest BCUT2D eigenvalue weighted by Gasteiger charge is -2.32. The standard InChI is InChI=1S/C15H12BrF3O4/c1-2-11(20)22-14(15(17,18)19)12(9-6-4-3-5-7-9)10(8-16)13(21)23-14/h3-7H,2,8H2,1H3. The molecule has 124 valence electrons. The first-order chi connectivity index (χ1) is 10.8. The molecular weight excluding hydrogens is 381 g/mol. The highest BCUT2D eigenvalue weighted by molar-refractivity contribution is 9.09. The molecule has 0 aromatic heterocycles. The molecule has 4 nitrogen and oxygen atoms in total. The maximum atomic E-state index is 13.7. The van der Waals surface area contributed by atoms with E-state index in [2.05, 4.69) is 25.4 Å². The van der Waals surface area contributed by atoms with E-state index in [-0.39, 0.29) is 22.9 Å². The van der Waals surface area contributed by atoms with E-state index in [4.69, 9.17) is 0 Å². The second-order valence-corrected chi connectivity index (χ2v) is 5.25. The van der Waals surface area contributed by atoms with Crippen LogP contribution in [-0.4, -0.2) is 29.2 Å². The number of carbonyl (C=O) groups excluding carboxylic acids is 2. The van der Waals surface area contributed by atoms with E-state index in [1.54, 1.807) is 6.07 Å². The predicted molar refractivity (Wildman–Crippen MR) is 78.4 cm³/mol. The van der Waals surface area contributed by atoms with Crippen LogP contribution >= 0.6 is 15.9 Å². The zero-order chi connectivity index (χ0) is 17.3. The first-order valence-electron chi connectivity index (χ1n) is 6.63. The molecule has 1 aliphatic heterocycles. The van der Waals surface area contributed by atoms with Crippen LogP contribution in [-0.2, 0) is 19.1 Å². The minimum Gasteiger partial charge on any atom is -0.410 e. The Morgan fingerprint density at radius 1 is 1.30 bits per heavy atom. The minimum absolute atomic E-state index is 0.0917. The Morgan fingerprint density at radius 2 is 1.91 bits per heavy atom. The second kappa shape index (κ2) is 6.35. The first kappa shape index (κ1) is 17.5. The van der Waals surface area contributed by atoms with Crippen LogP contribution in [0.25, 0.3) is 5.57 Å². The number of halogens is 4. The van der Waals surface area contributed by atoms with Crippen LogP contribution in [0.3, 0.4) is 0 Å². The van der Waals surface area contributed by atoms with Crippen molar-refractivity contribution in [3.05, 3.63) is 41.5 Å². The molecule has 8 heteroatoms. The summed E-state index contributed by atoms with van der Waals surface area (Å²) in [4.78, 5) is 23.5. The molecule has 0 amide bonds. The van der Waals surface area contributed by atoms with Crippen LogP contribution in [0, 0.1) is 0 Å². The van der Waals surface area contributed by atoms with Crippen LogP contribution in [0.4, 0.5) is 13.2 Å². The van der Waals surface area contributed by atoms with Gasteiger partial charge >= 0.3 is 23.9 Å². The van der Waals surface area contributed by atoms with Crippen LogP contribution in [0.2, 0.25) is 0 Å². The highest BCUT2D eigenvalue weighted by atomic mass is 79.9. The second-order valence-electron chi connectivity index (χ2n) is 4.68. The fraction of sp³-hybridized carbons (Fsp3) is 0.333. The molecule has 0 saturated heterocycles. The largest absolute Gasteiger partial charge is 0.473 e. The molecule has 1 heterocycles. The molecule has 1 aliphatic rings. The van der Waals surface area contributed by atoms with Crippen molar-refractivity contribution < 1.29 is 32.2 Å². The van der Waals surface area contributed by atoms with E-state index in [1.807, 2.05) is 0 Å². The summed E-state index contributed by atoms with van der Waals surface area (Å²) < 4.78 is 50.3. The normalized spacial score (nSPS) is 21.3. The van der Waals surface area contributed by atoms with Gasteiger partial charge in [-0.1, -0.05) is 53.2 Å². The average molecular weight is 393 g/mol. The minimum atomic E-state index is -5.12. The van der Waals surface area contributed by atoms with Crippen molar-refractivity contribution in [3.8, 4) is 0 Å². The van der Waals surface area contributed by atoms with Crippen molar-refractivity contribution in [1.29, 1.82) is 0 Å². The summed E-state index contributed by atoms with van der Waals surface area (Å²) in [5.41, 5.74) is -0.652. The van der Waals surface area contributed by atoms with Crippen molar-refractivity contribution >= 4 is 33.4 Å². The Balaban J connectivity index is 2.72. The Kier molecular flexibility index (Phi) is 4.84. The van der Waals surface area contributed by atoms with Crippen LogP contribution in [0.15, 0.2) is 35.9 Å². The summed E-state index contributed by atoms with van der Waals surface area (Å²) in [6.45, 7) is 1.35. The Bertz CT molecular complexity index is 654. The molecule has 0 saturated carbocycles. The molecule has 0 aliphatic carbocycles. The SMILES string of the molecule is CCC(=O)OC1(C(F)(F)F)OC(=O)C(CBr)=C1c1ccccc1. The summed E-state index contributed by atoms with van der Waals surface area (Å²) in [5, 5.41) is -0.169. The molecular formula is C15H12BrF3O4. The lowest BCUT2D eigenvalue weighted by molar-refractivity contribution is -0.321. The number of hydrogen-bond acceptors (Lipinski definition) is 4. The Morgan fingerprint density at radius 3 is 2.39 bits per heavy atom. The Labute approximate surface area is 138 Å². The van der Waals surface area contributed by atoms with Gasteiger partial charge in [-0.2, -0.15) is 13.2 Å². The van der Waals surface area contributed by atoms with Gasteiger partial charge in [0.2, 0.25) is 0 Å². The van der Waals surface area contributed by atoms with Crippen LogP contribution in [0.5, 0.6) is 0 Å². The molecule has 2 rings (SSSR count). The van der Waals surface area contributed by atoms with Crippen LogP contribution < -0.4 is 0 Å². The van der Waals surface area contributed by atoms with Gasteiger partial charge in [-0.3, -0.25) is 4.79 Å². The fourth-order valence-corrected chi connectivity index (χ4v) is 2.71. The highest BCUT2D eigenvalue weighted by Crippen LogP contribution is 2.50. The Hall–Kier alpha value is -1.83. The van der Waals surface area contributed by atoms with E-state index in [0.29, 0.717) is 0 Å². The van der Waals surface area contributed by atoms with E-state index >= 15 is 0 Å². The number of alkyl halides is 4. The quantitative estimate of drug-likeness (QED) is 0.580. The molecule has 0 spiro atoms. The molecule has 0 radical (unpaired) electrons. The van der Waals surface area contributed by atoms with Crippen molar-refractivity contribution in [2.75, 3.05) is 5.33 Å². The number of rotatable bonds is 4. The number of esters is 2. The average Bonchev–Trinajstić information content (AvgIpc) is 2.80.